The highest BCUT2D eigenvalue weighted by molar-refractivity contribution is 9.10. The largest absolute Gasteiger partial charge is 0.192 e. The maximum Gasteiger partial charge on any atom is 0.100 e. The van der Waals surface area contributed by atoms with Gasteiger partial charge in [-0.1, -0.05) is 13.0 Å². The van der Waals surface area contributed by atoms with Crippen LogP contribution < -0.4 is 0 Å². The molecule has 0 bridgehead atoms. The molecule has 0 heterocycles. The van der Waals surface area contributed by atoms with E-state index in [0.29, 0.717) is 0 Å². The van der Waals surface area contributed by atoms with Crippen LogP contribution in [0, 0.1) is 18.3 Å². The summed E-state index contributed by atoms with van der Waals surface area (Å²) in [5.41, 5.74) is 3.07. The highest BCUT2D eigenvalue weighted by Crippen LogP contribution is 2.23. The van der Waals surface area contributed by atoms with Crippen LogP contribution >= 0.6 is 15.9 Å². The molecular formula is C10H10BrN. The molecule has 0 spiro atoms. The predicted molar refractivity (Wildman–Crippen MR) is 53.0 cm³/mol. The molecule has 1 rings (SSSR count). The molecule has 12 heavy (non-hydrogen) atoms. The molecule has 0 saturated heterocycles. The summed E-state index contributed by atoms with van der Waals surface area (Å²) in [4.78, 5) is 0. The highest BCUT2D eigenvalue weighted by atomic mass is 79.9. The van der Waals surface area contributed by atoms with Gasteiger partial charge in [0.1, 0.15) is 6.07 Å². The molecule has 0 aliphatic rings. The van der Waals surface area contributed by atoms with Crippen LogP contribution in [0.1, 0.15) is 23.6 Å². The quantitative estimate of drug-likeness (QED) is 0.718. The molecule has 0 saturated carbocycles. The monoisotopic (exact) mass is 223 g/mol. The van der Waals surface area contributed by atoms with E-state index in [1.165, 1.54) is 5.56 Å². The first kappa shape index (κ1) is 9.28. The Labute approximate surface area is 81.2 Å². The third kappa shape index (κ3) is 1.67. The van der Waals surface area contributed by atoms with Gasteiger partial charge in [0.2, 0.25) is 0 Å². The lowest BCUT2D eigenvalue weighted by Gasteiger charge is -2.04. The number of nitriles is 1. The number of hydrogen-bond donors (Lipinski definition) is 0. The zero-order chi connectivity index (χ0) is 9.14. The minimum absolute atomic E-state index is 0.729. The van der Waals surface area contributed by atoms with Crippen molar-refractivity contribution in [3.8, 4) is 6.07 Å². The lowest BCUT2D eigenvalue weighted by atomic mass is 10.1. The topological polar surface area (TPSA) is 23.8 Å². The number of aryl methyl sites for hydroxylation is 2. The standard InChI is InChI=1S/C10H10BrN/c1-3-8-4-7(2)5-9(6-12)10(8)11/h4-5H,3H2,1-2H3. The summed E-state index contributed by atoms with van der Waals surface area (Å²) in [5, 5.41) is 8.78. The minimum Gasteiger partial charge on any atom is -0.192 e. The molecule has 1 nitrogen and oxygen atoms in total. The normalized spacial score (nSPS) is 9.50. The third-order valence-corrected chi connectivity index (χ3v) is 2.73. The van der Waals surface area contributed by atoms with Crippen molar-refractivity contribution in [1.29, 1.82) is 5.26 Å². The summed E-state index contributed by atoms with van der Waals surface area (Å²) in [6, 6.07) is 6.16. The molecule has 0 aliphatic carbocycles. The van der Waals surface area contributed by atoms with Gasteiger partial charge in [-0.15, -0.1) is 0 Å². The van der Waals surface area contributed by atoms with Crippen LogP contribution in [0.25, 0.3) is 0 Å². The van der Waals surface area contributed by atoms with Gasteiger partial charge in [0, 0.05) is 4.47 Å². The van der Waals surface area contributed by atoms with E-state index >= 15 is 0 Å². The smallest absolute Gasteiger partial charge is 0.100 e. The molecule has 0 amide bonds. The Morgan fingerprint density at radius 3 is 2.67 bits per heavy atom. The van der Waals surface area contributed by atoms with Gasteiger partial charge in [-0.05, 0) is 46.5 Å². The lowest BCUT2D eigenvalue weighted by molar-refractivity contribution is 1.11. The van der Waals surface area contributed by atoms with Crippen molar-refractivity contribution in [1.82, 2.24) is 0 Å². The van der Waals surface area contributed by atoms with E-state index in [0.717, 1.165) is 22.0 Å². The molecule has 0 unspecified atom stereocenters. The molecule has 0 aromatic heterocycles. The zero-order valence-corrected chi connectivity index (χ0v) is 8.77. The number of rotatable bonds is 1. The van der Waals surface area contributed by atoms with Crippen molar-refractivity contribution in [2.24, 2.45) is 0 Å². The summed E-state index contributed by atoms with van der Waals surface area (Å²) in [6.45, 7) is 4.09. The fourth-order valence-electron chi connectivity index (χ4n) is 1.18. The zero-order valence-electron chi connectivity index (χ0n) is 7.19. The van der Waals surface area contributed by atoms with Crippen LogP contribution in [-0.4, -0.2) is 0 Å². The van der Waals surface area contributed by atoms with E-state index in [1.54, 1.807) is 0 Å². The van der Waals surface area contributed by atoms with Gasteiger partial charge in [0.25, 0.3) is 0 Å². The van der Waals surface area contributed by atoms with E-state index in [4.69, 9.17) is 5.26 Å². The first-order valence-corrected chi connectivity index (χ1v) is 4.67. The Bertz CT molecular complexity index is 336. The molecule has 0 radical (unpaired) electrons. The Balaban J connectivity index is 3.34. The summed E-state index contributed by atoms with van der Waals surface area (Å²) >= 11 is 3.41. The van der Waals surface area contributed by atoms with Gasteiger partial charge in [-0.25, -0.2) is 0 Å². The highest BCUT2D eigenvalue weighted by Gasteiger charge is 2.04. The fourth-order valence-corrected chi connectivity index (χ4v) is 1.78. The maximum atomic E-state index is 8.78. The van der Waals surface area contributed by atoms with Crippen LogP contribution in [-0.2, 0) is 6.42 Å². The molecule has 0 aliphatic heterocycles. The minimum atomic E-state index is 0.729. The number of hydrogen-bond acceptors (Lipinski definition) is 1. The van der Waals surface area contributed by atoms with E-state index in [2.05, 4.69) is 35.0 Å². The molecule has 62 valence electrons. The predicted octanol–water partition coefficient (Wildman–Crippen LogP) is 3.19. The van der Waals surface area contributed by atoms with Gasteiger partial charge in [0.15, 0.2) is 0 Å². The van der Waals surface area contributed by atoms with E-state index < -0.39 is 0 Å². The van der Waals surface area contributed by atoms with Crippen molar-refractivity contribution in [3.05, 3.63) is 33.3 Å². The van der Waals surface area contributed by atoms with Crippen LogP contribution in [0.5, 0.6) is 0 Å². The van der Waals surface area contributed by atoms with Crippen molar-refractivity contribution in [2.75, 3.05) is 0 Å². The lowest BCUT2D eigenvalue weighted by Crippen LogP contribution is -1.88. The van der Waals surface area contributed by atoms with E-state index in [1.807, 2.05) is 13.0 Å². The number of nitrogens with zero attached hydrogens (tertiary/aromatic N) is 1. The first-order valence-electron chi connectivity index (χ1n) is 3.88. The van der Waals surface area contributed by atoms with Crippen molar-refractivity contribution >= 4 is 15.9 Å². The Kier molecular flexibility index (Phi) is 2.88. The van der Waals surface area contributed by atoms with E-state index in [9.17, 15) is 0 Å². The second kappa shape index (κ2) is 3.73. The fraction of sp³-hybridized carbons (Fsp3) is 0.300. The van der Waals surface area contributed by atoms with E-state index in [-0.39, 0.29) is 0 Å². The van der Waals surface area contributed by atoms with Crippen molar-refractivity contribution < 1.29 is 0 Å². The first-order chi connectivity index (χ1) is 5.69. The van der Waals surface area contributed by atoms with Crippen LogP contribution in [0.4, 0.5) is 0 Å². The van der Waals surface area contributed by atoms with Crippen LogP contribution in [0.15, 0.2) is 16.6 Å². The summed E-state index contributed by atoms with van der Waals surface area (Å²) in [6.07, 6.45) is 0.955. The average Bonchev–Trinajstić information content (AvgIpc) is 2.08. The molecular weight excluding hydrogens is 214 g/mol. The second-order valence-corrected chi connectivity index (χ2v) is 3.54. The van der Waals surface area contributed by atoms with Crippen molar-refractivity contribution in [3.63, 3.8) is 0 Å². The molecule has 2 heteroatoms. The Hall–Kier alpha value is -0.810. The van der Waals surface area contributed by atoms with Crippen LogP contribution in [0.2, 0.25) is 0 Å². The van der Waals surface area contributed by atoms with Crippen molar-refractivity contribution in [2.45, 2.75) is 20.3 Å². The molecule has 1 aromatic carbocycles. The Morgan fingerprint density at radius 2 is 2.17 bits per heavy atom. The van der Waals surface area contributed by atoms with Gasteiger partial charge >= 0.3 is 0 Å². The molecule has 0 N–H and O–H groups in total. The average molecular weight is 224 g/mol. The van der Waals surface area contributed by atoms with Gasteiger partial charge in [-0.2, -0.15) is 5.26 Å². The summed E-state index contributed by atoms with van der Waals surface area (Å²) in [5.74, 6) is 0. The second-order valence-electron chi connectivity index (χ2n) is 2.75. The number of benzene rings is 1. The van der Waals surface area contributed by atoms with Gasteiger partial charge in [-0.3, -0.25) is 0 Å². The maximum absolute atomic E-state index is 8.78. The van der Waals surface area contributed by atoms with Gasteiger partial charge in [0.05, 0.1) is 5.56 Å². The molecule has 0 fully saturated rings. The summed E-state index contributed by atoms with van der Waals surface area (Å²) < 4.78 is 0.943. The summed E-state index contributed by atoms with van der Waals surface area (Å²) in [7, 11) is 0. The molecule has 1 aromatic rings. The number of halogens is 1. The third-order valence-electron chi connectivity index (χ3n) is 1.79. The Morgan fingerprint density at radius 1 is 1.50 bits per heavy atom. The van der Waals surface area contributed by atoms with Crippen LogP contribution in [0.3, 0.4) is 0 Å². The molecule has 0 atom stereocenters. The SMILES string of the molecule is CCc1cc(C)cc(C#N)c1Br. The van der Waals surface area contributed by atoms with Gasteiger partial charge < -0.3 is 0 Å².